The highest BCUT2D eigenvalue weighted by Gasteiger charge is 2.23. The van der Waals surface area contributed by atoms with E-state index in [1.54, 1.807) is 0 Å². The summed E-state index contributed by atoms with van der Waals surface area (Å²) in [7, 11) is 0. The molecule has 0 heterocycles. The number of ketones is 1. The third-order valence-corrected chi connectivity index (χ3v) is 4.62. The highest BCUT2D eigenvalue weighted by molar-refractivity contribution is 5.98. The second-order valence-corrected chi connectivity index (χ2v) is 6.23. The minimum absolute atomic E-state index is 0.290. The summed E-state index contributed by atoms with van der Waals surface area (Å²) >= 11 is 0. The predicted octanol–water partition coefficient (Wildman–Crippen LogP) is 5.00. The molecule has 0 saturated heterocycles. The highest BCUT2D eigenvalue weighted by Crippen LogP contribution is 2.34. The number of carbonyl (C=O) groups excluding carboxylic acids is 1. The average molecular weight is 278 g/mol. The van der Waals surface area contributed by atoms with E-state index in [0.29, 0.717) is 12.3 Å². The van der Waals surface area contributed by atoms with Gasteiger partial charge in [-0.3, -0.25) is 4.79 Å². The van der Waals surface area contributed by atoms with Gasteiger partial charge in [0.2, 0.25) is 0 Å². The Bertz CT molecular complexity index is 669. The molecule has 1 unspecified atom stereocenters. The average Bonchev–Trinajstić information content (AvgIpc) is 2.50. The molecule has 0 radical (unpaired) electrons. The molecule has 0 saturated carbocycles. The number of hydrogen-bond donors (Lipinski definition) is 0. The van der Waals surface area contributed by atoms with E-state index < -0.39 is 0 Å². The number of benzene rings is 2. The predicted molar refractivity (Wildman–Crippen MR) is 87.0 cm³/mol. The SMILES string of the molecule is Cc1ccc(C)c(C(=O)CC2CCCc3ccccc32)c1. The summed E-state index contributed by atoms with van der Waals surface area (Å²) in [5.74, 6) is 0.681. The molecule has 0 fully saturated rings. The Morgan fingerprint density at radius 1 is 1.14 bits per heavy atom. The van der Waals surface area contributed by atoms with Crippen molar-refractivity contribution in [2.24, 2.45) is 0 Å². The standard InChI is InChI=1S/C20H22O/c1-14-10-11-15(2)19(12-14)20(21)13-17-8-5-7-16-6-3-4-9-18(16)17/h3-4,6,9-12,17H,5,7-8,13H2,1-2H3. The van der Waals surface area contributed by atoms with Crippen LogP contribution in [-0.4, -0.2) is 5.78 Å². The van der Waals surface area contributed by atoms with Gasteiger partial charge in [-0.25, -0.2) is 0 Å². The lowest BCUT2D eigenvalue weighted by molar-refractivity contribution is 0.0970. The summed E-state index contributed by atoms with van der Waals surface area (Å²) in [6, 6.07) is 14.8. The Labute approximate surface area is 127 Å². The molecule has 0 N–H and O–H groups in total. The highest BCUT2D eigenvalue weighted by atomic mass is 16.1. The fraction of sp³-hybridized carbons (Fsp3) is 0.350. The molecule has 0 amide bonds. The van der Waals surface area contributed by atoms with E-state index in [4.69, 9.17) is 0 Å². The number of fused-ring (bicyclic) bond motifs is 1. The van der Waals surface area contributed by atoms with Crippen molar-refractivity contribution in [3.05, 3.63) is 70.3 Å². The van der Waals surface area contributed by atoms with E-state index in [0.717, 1.165) is 29.5 Å². The lowest BCUT2D eigenvalue weighted by atomic mass is 9.79. The van der Waals surface area contributed by atoms with Crippen molar-refractivity contribution in [3.8, 4) is 0 Å². The monoisotopic (exact) mass is 278 g/mol. The first-order valence-corrected chi connectivity index (χ1v) is 7.83. The lowest BCUT2D eigenvalue weighted by Gasteiger charge is -2.25. The zero-order chi connectivity index (χ0) is 14.8. The van der Waals surface area contributed by atoms with Crippen molar-refractivity contribution in [1.29, 1.82) is 0 Å². The van der Waals surface area contributed by atoms with Crippen LogP contribution in [0.1, 0.15) is 57.8 Å². The molecule has 0 spiro atoms. The molecule has 0 aromatic heterocycles. The summed E-state index contributed by atoms with van der Waals surface area (Å²) in [6.07, 6.45) is 4.13. The lowest BCUT2D eigenvalue weighted by Crippen LogP contribution is -2.14. The van der Waals surface area contributed by atoms with Gasteiger partial charge in [0, 0.05) is 12.0 Å². The third-order valence-electron chi connectivity index (χ3n) is 4.62. The molecule has 0 aliphatic heterocycles. The van der Waals surface area contributed by atoms with Gasteiger partial charge in [-0.1, -0.05) is 42.0 Å². The molecular weight excluding hydrogens is 256 g/mol. The Morgan fingerprint density at radius 3 is 2.81 bits per heavy atom. The maximum absolute atomic E-state index is 12.7. The Kier molecular flexibility index (Phi) is 3.92. The van der Waals surface area contributed by atoms with Gasteiger partial charge in [-0.05, 0) is 61.8 Å². The molecule has 1 atom stereocenters. The number of rotatable bonds is 3. The molecule has 2 aromatic rings. The summed E-state index contributed by atoms with van der Waals surface area (Å²) in [5.41, 5.74) is 5.98. The second-order valence-electron chi connectivity index (χ2n) is 6.23. The number of Topliss-reactive ketones (excluding diaryl/α,β-unsaturated/α-hetero) is 1. The molecule has 1 heteroatoms. The molecule has 1 aliphatic rings. The molecule has 0 bridgehead atoms. The van der Waals surface area contributed by atoms with E-state index in [1.807, 2.05) is 19.9 Å². The zero-order valence-corrected chi connectivity index (χ0v) is 12.9. The fourth-order valence-corrected chi connectivity index (χ4v) is 3.44. The zero-order valence-electron chi connectivity index (χ0n) is 12.9. The maximum Gasteiger partial charge on any atom is 0.163 e. The van der Waals surface area contributed by atoms with Crippen LogP contribution in [0.3, 0.4) is 0 Å². The molecule has 1 aliphatic carbocycles. The first-order valence-electron chi connectivity index (χ1n) is 7.83. The van der Waals surface area contributed by atoms with Crippen LogP contribution in [0.2, 0.25) is 0 Å². The van der Waals surface area contributed by atoms with Gasteiger partial charge in [0.25, 0.3) is 0 Å². The summed E-state index contributed by atoms with van der Waals surface area (Å²) < 4.78 is 0. The molecular formula is C20H22O. The molecule has 21 heavy (non-hydrogen) atoms. The van der Waals surface area contributed by atoms with Crippen molar-refractivity contribution in [2.75, 3.05) is 0 Å². The maximum atomic E-state index is 12.7. The summed E-state index contributed by atoms with van der Waals surface area (Å²) in [6.45, 7) is 4.08. The van der Waals surface area contributed by atoms with E-state index >= 15 is 0 Å². The number of hydrogen-bond acceptors (Lipinski definition) is 1. The van der Waals surface area contributed by atoms with Crippen molar-refractivity contribution < 1.29 is 4.79 Å². The minimum atomic E-state index is 0.290. The Hall–Kier alpha value is -1.89. The van der Waals surface area contributed by atoms with Gasteiger partial charge >= 0.3 is 0 Å². The number of carbonyl (C=O) groups is 1. The van der Waals surface area contributed by atoms with E-state index in [1.165, 1.54) is 17.5 Å². The van der Waals surface area contributed by atoms with Gasteiger partial charge < -0.3 is 0 Å². The van der Waals surface area contributed by atoms with Crippen molar-refractivity contribution in [2.45, 2.75) is 45.4 Å². The van der Waals surface area contributed by atoms with Gasteiger partial charge in [0.05, 0.1) is 0 Å². The van der Waals surface area contributed by atoms with Gasteiger partial charge in [0.1, 0.15) is 0 Å². The van der Waals surface area contributed by atoms with Crippen LogP contribution in [0.4, 0.5) is 0 Å². The van der Waals surface area contributed by atoms with Crippen molar-refractivity contribution >= 4 is 5.78 Å². The van der Waals surface area contributed by atoms with Crippen LogP contribution in [0.25, 0.3) is 0 Å². The second kappa shape index (κ2) is 5.85. The summed E-state index contributed by atoms with van der Waals surface area (Å²) in [4.78, 5) is 12.7. The van der Waals surface area contributed by atoms with E-state index in [9.17, 15) is 4.79 Å². The quantitative estimate of drug-likeness (QED) is 0.722. The fourth-order valence-electron chi connectivity index (χ4n) is 3.44. The molecule has 3 rings (SSSR count). The van der Waals surface area contributed by atoms with Gasteiger partial charge in [0.15, 0.2) is 5.78 Å². The topological polar surface area (TPSA) is 17.1 Å². The van der Waals surface area contributed by atoms with Crippen molar-refractivity contribution in [1.82, 2.24) is 0 Å². The normalized spacial score (nSPS) is 17.3. The first-order chi connectivity index (χ1) is 10.1. The third kappa shape index (κ3) is 2.92. The van der Waals surface area contributed by atoms with E-state index in [2.05, 4.69) is 36.4 Å². The number of aryl methyl sites for hydroxylation is 3. The van der Waals surface area contributed by atoms with E-state index in [-0.39, 0.29) is 5.78 Å². The van der Waals surface area contributed by atoms with Crippen LogP contribution in [0.15, 0.2) is 42.5 Å². The van der Waals surface area contributed by atoms with Gasteiger partial charge in [-0.15, -0.1) is 0 Å². The van der Waals surface area contributed by atoms with Crippen LogP contribution in [0, 0.1) is 13.8 Å². The smallest absolute Gasteiger partial charge is 0.163 e. The minimum Gasteiger partial charge on any atom is -0.294 e. The van der Waals surface area contributed by atoms with Crippen LogP contribution < -0.4 is 0 Å². The van der Waals surface area contributed by atoms with Crippen molar-refractivity contribution in [3.63, 3.8) is 0 Å². The van der Waals surface area contributed by atoms with Crippen LogP contribution in [-0.2, 0) is 6.42 Å². The first kappa shape index (κ1) is 14.1. The molecule has 1 nitrogen and oxygen atoms in total. The summed E-state index contributed by atoms with van der Waals surface area (Å²) in [5, 5.41) is 0. The van der Waals surface area contributed by atoms with Crippen LogP contribution >= 0.6 is 0 Å². The molecule has 2 aromatic carbocycles. The largest absolute Gasteiger partial charge is 0.294 e. The van der Waals surface area contributed by atoms with Crippen LogP contribution in [0.5, 0.6) is 0 Å². The Balaban J connectivity index is 1.84. The molecule has 108 valence electrons. The van der Waals surface area contributed by atoms with Gasteiger partial charge in [-0.2, -0.15) is 0 Å². The Morgan fingerprint density at radius 2 is 1.95 bits per heavy atom.